The number of hydrogen-bond acceptors (Lipinski definition) is 1. The predicted octanol–water partition coefficient (Wildman–Crippen LogP) is 4.60. The molecule has 1 aromatic carbocycles. The van der Waals surface area contributed by atoms with Gasteiger partial charge in [-0.2, -0.15) is 0 Å². The third kappa shape index (κ3) is 2.41. The molecule has 0 radical (unpaired) electrons. The molecule has 0 saturated heterocycles. The third-order valence-corrected chi connectivity index (χ3v) is 6.21. The van der Waals surface area contributed by atoms with Crippen LogP contribution in [0, 0.1) is 35.4 Å². The zero-order valence-corrected chi connectivity index (χ0v) is 13.4. The number of halogens is 2. The maximum atomic E-state index is 13.9. The molecular weight excluding hydrogens is 333 g/mol. The van der Waals surface area contributed by atoms with Crippen LogP contribution in [0.1, 0.15) is 32.1 Å². The van der Waals surface area contributed by atoms with E-state index in [0.29, 0.717) is 22.0 Å². The van der Waals surface area contributed by atoms with Gasteiger partial charge in [0.1, 0.15) is 5.82 Å². The van der Waals surface area contributed by atoms with Gasteiger partial charge in [-0.25, -0.2) is 4.39 Å². The Morgan fingerprint density at radius 3 is 2.29 bits per heavy atom. The van der Waals surface area contributed by atoms with E-state index >= 15 is 0 Å². The normalized spacial score (nSPS) is 36.8. The standard InChI is InChI=1S/C17H19BrFNO/c18-13-1-2-15(14(19)8-13)20-17(21)16-11-4-9-3-10(6-11)7-12(16)5-9/h1-2,8-12,16H,3-7H2,(H,20,21). The van der Waals surface area contributed by atoms with Crippen LogP contribution in [0.3, 0.4) is 0 Å². The molecule has 1 amide bonds. The first-order chi connectivity index (χ1) is 10.1. The van der Waals surface area contributed by atoms with E-state index in [9.17, 15) is 9.18 Å². The van der Waals surface area contributed by atoms with Crippen molar-refractivity contribution >= 4 is 27.5 Å². The van der Waals surface area contributed by atoms with Crippen molar-refractivity contribution in [1.82, 2.24) is 0 Å². The Bertz CT molecular complexity index is 560. The van der Waals surface area contributed by atoms with Crippen LogP contribution in [-0.4, -0.2) is 5.91 Å². The Labute approximate surface area is 132 Å². The van der Waals surface area contributed by atoms with Crippen molar-refractivity contribution in [2.45, 2.75) is 32.1 Å². The lowest BCUT2D eigenvalue weighted by Crippen LogP contribution is -2.49. The summed E-state index contributed by atoms with van der Waals surface area (Å²) in [5, 5.41) is 2.83. The van der Waals surface area contributed by atoms with E-state index in [-0.39, 0.29) is 17.6 Å². The van der Waals surface area contributed by atoms with Gasteiger partial charge in [0.15, 0.2) is 0 Å². The van der Waals surface area contributed by atoms with Crippen molar-refractivity contribution in [3.05, 3.63) is 28.5 Å². The lowest BCUT2D eigenvalue weighted by Gasteiger charge is -2.53. The lowest BCUT2D eigenvalue weighted by molar-refractivity contribution is -0.132. The largest absolute Gasteiger partial charge is 0.323 e. The van der Waals surface area contributed by atoms with Crippen LogP contribution >= 0.6 is 15.9 Å². The third-order valence-electron chi connectivity index (χ3n) is 5.72. The van der Waals surface area contributed by atoms with Crippen LogP contribution in [0.4, 0.5) is 10.1 Å². The molecular formula is C17H19BrFNO. The monoisotopic (exact) mass is 351 g/mol. The molecule has 0 heterocycles. The minimum Gasteiger partial charge on any atom is -0.323 e. The van der Waals surface area contributed by atoms with E-state index in [0.717, 1.165) is 11.8 Å². The number of amides is 1. The number of nitrogens with one attached hydrogen (secondary N) is 1. The molecule has 0 aromatic heterocycles. The average molecular weight is 352 g/mol. The van der Waals surface area contributed by atoms with Crippen LogP contribution in [-0.2, 0) is 4.79 Å². The molecule has 0 atom stereocenters. The van der Waals surface area contributed by atoms with Gasteiger partial charge in [-0.1, -0.05) is 15.9 Å². The van der Waals surface area contributed by atoms with Crippen molar-refractivity contribution < 1.29 is 9.18 Å². The summed E-state index contributed by atoms with van der Waals surface area (Å²) in [5.74, 6) is 2.51. The molecule has 4 bridgehead atoms. The van der Waals surface area contributed by atoms with Gasteiger partial charge in [0.25, 0.3) is 0 Å². The fourth-order valence-electron chi connectivity index (χ4n) is 5.16. The highest BCUT2D eigenvalue weighted by molar-refractivity contribution is 9.10. The van der Waals surface area contributed by atoms with Gasteiger partial charge in [0.2, 0.25) is 5.91 Å². The molecule has 0 aliphatic heterocycles. The molecule has 0 spiro atoms. The summed E-state index contributed by atoms with van der Waals surface area (Å²) in [6.45, 7) is 0. The first-order valence-corrected chi connectivity index (χ1v) is 8.65. The lowest BCUT2D eigenvalue weighted by atomic mass is 9.51. The highest BCUT2D eigenvalue weighted by Crippen LogP contribution is 2.56. The Morgan fingerprint density at radius 1 is 1.10 bits per heavy atom. The summed E-state index contributed by atoms with van der Waals surface area (Å²) in [5.41, 5.74) is 0.303. The molecule has 4 fully saturated rings. The number of anilines is 1. The van der Waals surface area contributed by atoms with Crippen molar-refractivity contribution in [3.63, 3.8) is 0 Å². The van der Waals surface area contributed by atoms with Crippen LogP contribution in [0.5, 0.6) is 0 Å². The molecule has 4 aliphatic rings. The van der Waals surface area contributed by atoms with Crippen LogP contribution in [0.25, 0.3) is 0 Å². The van der Waals surface area contributed by atoms with Gasteiger partial charge in [0.05, 0.1) is 5.69 Å². The molecule has 0 unspecified atom stereocenters. The molecule has 4 heteroatoms. The summed E-state index contributed by atoms with van der Waals surface area (Å²) in [6.07, 6.45) is 6.19. The van der Waals surface area contributed by atoms with E-state index in [1.54, 1.807) is 12.1 Å². The van der Waals surface area contributed by atoms with E-state index in [1.807, 2.05) is 0 Å². The highest BCUT2D eigenvalue weighted by atomic mass is 79.9. The van der Waals surface area contributed by atoms with Gasteiger partial charge in [-0.15, -0.1) is 0 Å². The second-order valence-electron chi connectivity index (χ2n) is 7.07. The topological polar surface area (TPSA) is 29.1 Å². The van der Waals surface area contributed by atoms with E-state index < -0.39 is 0 Å². The molecule has 2 nitrogen and oxygen atoms in total. The highest BCUT2D eigenvalue weighted by Gasteiger charge is 2.50. The average Bonchev–Trinajstić information content (AvgIpc) is 2.40. The Kier molecular flexibility index (Phi) is 3.32. The SMILES string of the molecule is O=C(Nc1ccc(Br)cc1F)C1C2CC3CC(C2)CC1C3. The van der Waals surface area contributed by atoms with Crippen LogP contribution in [0.15, 0.2) is 22.7 Å². The molecule has 4 aliphatic carbocycles. The number of benzene rings is 1. The summed E-state index contributed by atoms with van der Waals surface area (Å²) in [4.78, 5) is 12.7. The van der Waals surface area contributed by atoms with Crippen molar-refractivity contribution in [1.29, 1.82) is 0 Å². The predicted molar refractivity (Wildman–Crippen MR) is 83.3 cm³/mol. The van der Waals surface area contributed by atoms with Crippen molar-refractivity contribution in [2.75, 3.05) is 5.32 Å². The maximum Gasteiger partial charge on any atom is 0.228 e. The second kappa shape index (κ2) is 5.08. The Hall–Kier alpha value is -0.900. The summed E-state index contributed by atoms with van der Waals surface area (Å²) >= 11 is 3.24. The number of carbonyl (C=O) groups is 1. The van der Waals surface area contributed by atoms with Gasteiger partial charge < -0.3 is 5.32 Å². The van der Waals surface area contributed by atoms with Crippen molar-refractivity contribution in [2.24, 2.45) is 29.6 Å². The Balaban J connectivity index is 1.52. The molecule has 1 aromatic rings. The fourth-order valence-corrected chi connectivity index (χ4v) is 5.49. The summed E-state index contributed by atoms with van der Waals surface area (Å²) in [7, 11) is 0. The van der Waals surface area contributed by atoms with E-state index in [2.05, 4.69) is 21.2 Å². The summed E-state index contributed by atoms with van der Waals surface area (Å²) in [6, 6.07) is 4.79. The minimum absolute atomic E-state index is 0.0324. The van der Waals surface area contributed by atoms with Crippen LogP contribution in [0.2, 0.25) is 0 Å². The van der Waals surface area contributed by atoms with Gasteiger partial charge in [-0.05, 0) is 74.0 Å². The zero-order chi connectivity index (χ0) is 14.6. The molecule has 21 heavy (non-hydrogen) atoms. The summed E-state index contributed by atoms with van der Waals surface area (Å²) < 4.78 is 14.6. The molecule has 1 N–H and O–H groups in total. The van der Waals surface area contributed by atoms with Gasteiger partial charge in [-0.3, -0.25) is 4.79 Å². The first kappa shape index (κ1) is 13.7. The molecule has 4 saturated carbocycles. The molecule has 5 rings (SSSR count). The fraction of sp³-hybridized carbons (Fsp3) is 0.588. The Morgan fingerprint density at radius 2 is 1.71 bits per heavy atom. The number of hydrogen-bond donors (Lipinski definition) is 1. The van der Waals surface area contributed by atoms with Crippen LogP contribution < -0.4 is 5.32 Å². The zero-order valence-electron chi connectivity index (χ0n) is 11.8. The number of rotatable bonds is 2. The van der Waals surface area contributed by atoms with E-state index in [1.165, 1.54) is 38.2 Å². The van der Waals surface area contributed by atoms with E-state index in [4.69, 9.17) is 0 Å². The second-order valence-corrected chi connectivity index (χ2v) is 7.99. The molecule has 112 valence electrons. The van der Waals surface area contributed by atoms with Gasteiger partial charge >= 0.3 is 0 Å². The minimum atomic E-state index is -0.374. The maximum absolute atomic E-state index is 13.9. The quantitative estimate of drug-likeness (QED) is 0.828. The smallest absolute Gasteiger partial charge is 0.228 e. The first-order valence-electron chi connectivity index (χ1n) is 7.86. The number of carbonyl (C=O) groups excluding carboxylic acids is 1. The van der Waals surface area contributed by atoms with Crippen molar-refractivity contribution in [3.8, 4) is 0 Å². The van der Waals surface area contributed by atoms with Gasteiger partial charge in [0, 0.05) is 10.4 Å².